The molecule has 0 aliphatic heterocycles. The molecule has 3 N–H and O–H groups in total. The number of hydrogen-bond acceptors (Lipinski definition) is 5. The molecular formula is C21H30N4O. The number of aliphatic hydroxyl groups excluding tert-OH is 1. The quantitative estimate of drug-likeness (QED) is 0.685. The molecule has 0 bridgehead atoms. The van der Waals surface area contributed by atoms with E-state index in [1.54, 1.807) is 0 Å². The van der Waals surface area contributed by atoms with Crippen LogP contribution in [0.3, 0.4) is 0 Å². The van der Waals surface area contributed by atoms with Crippen LogP contribution < -0.4 is 10.6 Å². The highest BCUT2D eigenvalue weighted by Gasteiger charge is 2.27. The number of nitrogens with zero attached hydrogens (tertiary/aromatic N) is 2. The van der Waals surface area contributed by atoms with Crippen LogP contribution >= 0.6 is 0 Å². The fourth-order valence-corrected chi connectivity index (χ4v) is 3.28. The van der Waals surface area contributed by atoms with Gasteiger partial charge in [-0.25, -0.2) is 4.98 Å². The molecule has 1 saturated carbocycles. The Balaban J connectivity index is 1.91. The average Bonchev–Trinajstić information content (AvgIpc) is 3.40. The first-order valence-electron chi connectivity index (χ1n) is 9.48. The van der Waals surface area contributed by atoms with Gasteiger partial charge in [0.05, 0.1) is 18.3 Å². The first-order valence-corrected chi connectivity index (χ1v) is 9.48. The van der Waals surface area contributed by atoms with Crippen molar-refractivity contribution in [1.82, 2.24) is 9.97 Å². The van der Waals surface area contributed by atoms with Gasteiger partial charge in [0, 0.05) is 17.7 Å². The molecule has 1 heterocycles. The van der Waals surface area contributed by atoms with Gasteiger partial charge in [-0.3, -0.25) is 0 Å². The van der Waals surface area contributed by atoms with Crippen LogP contribution in [0.4, 0.5) is 17.5 Å². The largest absolute Gasteiger partial charge is 0.394 e. The molecule has 1 fully saturated rings. The molecule has 0 amide bonds. The Morgan fingerprint density at radius 1 is 1.08 bits per heavy atom. The fraction of sp³-hybridized carbons (Fsp3) is 0.524. The number of anilines is 3. The Morgan fingerprint density at radius 3 is 2.27 bits per heavy atom. The monoisotopic (exact) mass is 354 g/mol. The maximum atomic E-state index is 9.62. The summed E-state index contributed by atoms with van der Waals surface area (Å²) in [6.07, 6.45) is 2.37. The minimum absolute atomic E-state index is 0.0554. The van der Waals surface area contributed by atoms with Crippen LogP contribution in [0, 0.1) is 26.7 Å². The van der Waals surface area contributed by atoms with E-state index in [4.69, 9.17) is 4.98 Å². The summed E-state index contributed by atoms with van der Waals surface area (Å²) >= 11 is 0. The van der Waals surface area contributed by atoms with Gasteiger partial charge in [-0.15, -0.1) is 0 Å². The van der Waals surface area contributed by atoms with E-state index < -0.39 is 0 Å². The molecule has 140 valence electrons. The summed E-state index contributed by atoms with van der Waals surface area (Å²) in [4.78, 5) is 9.36. The molecular weight excluding hydrogens is 324 g/mol. The third-order valence-electron chi connectivity index (χ3n) is 4.99. The predicted molar refractivity (Wildman–Crippen MR) is 107 cm³/mol. The lowest BCUT2D eigenvalue weighted by Gasteiger charge is -2.21. The molecule has 26 heavy (non-hydrogen) atoms. The summed E-state index contributed by atoms with van der Waals surface area (Å²) in [6.45, 7) is 10.6. The Kier molecular flexibility index (Phi) is 5.47. The minimum atomic E-state index is -0.0554. The summed E-state index contributed by atoms with van der Waals surface area (Å²) in [5, 5.41) is 16.4. The molecule has 1 aromatic carbocycles. The lowest BCUT2D eigenvalue weighted by Crippen LogP contribution is -2.30. The van der Waals surface area contributed by atoms with Gasteiger partial charge in [0.2, 0.25) is 5.95 Å². The SMILES string of the molecule is Cc1cc(C)c(Nc2cc(C3CC3)nc(N[C@@H](CO)C(C)C)n2)c(C)c1. The van der Waals surface area contributed by atoms with Gasteiger partial charge in [-0.05, 0) is 50.7 Å². The zero-order chi connectivity index (χ0) is 18.8. The predicted octanol–water partition coefficient (Wildman–Crippen LogP) is 4.45. The number of benzene rings is 1. The molecule has 0 spiro atoms. The highest BCUT2D eigenvalue weighted by Crippen LogP contribution is 2.40. The highest BCUT2D eigenvalue weighted by molar-refractivity contribution is 5.66. The van der Waals surface area contributed by atoms with Crippen molar-refractivity contribution in [3.8, 4) is 0 Å². The van der Waals surface area contributed by atoms with Crippen LogP contribution in [-0.4, -0.2) is 27.7 Å². The second-order valence-corrected chi connectivity index (χ2v) is 7.85. The molecule has 1 aliphatic rings. The Hall–Kier alpha value is -2.14. The Bertz CT molecular complexity index is 761. The first kappa shape index (κ1) is 18.6. The van der Waals surface area contributed by atoms with E-state index in [1.807, 2.05) is 0 Å². The van der Waals surface area contributed by atoms with Crippen molar-refractivity contribution in [3.63, 3.8) is 0 Å². The van der Waals surface area contributed by atoms with E-state index in [2.05, 4.69) is 68.4 Å². The normalized spacial score (nSPS) is 15.2. The molecule has 1 aliphatic carbocycles. The van der Waals surface area contributed by atoms with Crippen LogP contribution in [0.25, 0.3) is 0 Å². The summed E-state index contributed by atoms with van der Waals surface area (Å²) in [7, 11) is 0. The van der Waals surface area contributed by atoms with E-state index in [1.165, 1.54) is 29.5 Å². The number of hydrogen-bond donors (Lipinski definition) is 3. The van der Waals surface area contributed by atoms with Crippen molar-refractivity contribution in [3.05, 3.63) is 40.6 Å². The van der Waals surface area contributed by atoms with Gasteiger partial charge in [-0.1, -0.05) is 31.5 Å². The zero-order valence-electron chi connectivity index (χ0n) is 16.4. The number of aliphatic hydroxyl groups is 1. The topological polar surface area (TPSA) is 70.1 Å². The van der Waals surface area contributed by atoms with Crippen molar-refractivity contribution < 1.29 is 5.11 Å². The lowest BCUT2D eigenvalue weighted by molar-refractivity contribution is 0.248. The second kappa shape index (κ2) is 7.62. The van der Waals surface area contributed by atoms with Crippen molar-refractivity contribution in [2.45, 2.75) is 59.4 Å². The fourth-order valence-electron chi connectivity index (χ4n) is 3.28. The second-order valence-electron chi connectivity index (χ2n) is 7.85. The van der Waals surface area contributed by atoms with E-state index in [9.17, 15) is 5.11 Å². The van der Waals surface area contributed by atoms with Gasteiger partial charge in [0.25, 0.3) is 0 Å². The third-order valence-corrected chi connectivity index (χ3v) is 4.99. The van der Waals surface area contributed by atoms with E-state index in [0.29, 0.717) is 17.8 Å². The summed E-state index contributed by atoms with van der Waals surface area (Å²) in [5.74, 6) is 2.23. The molecule has 5 nitrogen and oxygen atoms in total. The van der Waals surface area contributed by atoms with Crippen molar-refractivity contribution in [2.75, 3.05) is 17.2 Å². The molecule has 0 unspecified atom stereocenters. The standard InChI is InChI=1S/C21H30N4O/c1-12(2)18(11-26)23-21-22-17(16-6-7-16)10-19(25-21)24-20-14(4)8-13(3)9-15(20)5/h8-10,12,16,18,26H,6-7,11H2,1-5H3,(H2,22,23,24,25)/t18-/m0/s1. The maximum absolute atomic E-state index is 9.62. The van der Waals surface area contributed by atoms with Gasteiger partial charge < -0.3 is 15.7 Å². The minimum Gasteiger partial charge on any atom is -0.394 e. The van der Waals surface area contributed by atoms with Crippen LogP contribution in [-0.2, 0) is 0 Å². The first-order chi connectivity index (χ1) is 12.4. The maximum Gasteiger partial charge on any atom is 0.225 e. The summed E-state index contributed by atoms with van der Waals surface area (Å²) < 4.78 is 0. The van der Waals surface area contributed by atoms with Gasteiger partial charge in [-0.2, -0.15) is 4.98 Å². The average molecular weight is 354 g/mol. The van der Waals surface area contributed by atoms with E-state index in [0.717, 1.165) is 17.2 Å². The van der Waals surface area contributed by atoms with Crippen LogP contribution in [0.5, 0.6) is 0 Å². The Morgan fingerprint density at radius 2 is 1.73 bits per heavy atom. The number of aryl methyl sites for hydroxylation is 3. The van der Waals surface area contributed by atoms with Gasteiger partial charge in [0.15, 0.2) is 0 Å². The lowest BCUT2D eigenvalue weighted by atomic mass is 10.1. The third kappa shape index (κ3) is 4.33. The van der Waals surface area contributed by atoms with Gasteiger partial charge in [0.1, 0.15) is 5.82 Å². The number of rotatable bonds is 7. The van der Waals surface area contributed by atoms with Gasteiger partial charge >= 0.3 is 0 Å². The van der Waals surface area contributed by atoms with E-state index >= 15 is 0 Å². The molecule has 1 aromatic heterocycles. The summed E-state index contributed by atoms with van der Waals surface area (Å²) in [6, 6.07) is 6.36. The Labute approximate surface area is 156 Å². The molecule has 1 atom stereocenters. The van der Waals surface area contributed by atoms with Crippen LogP contribution in [0.2, 0.25) is 0 Å². The number of aromatic nitrogens is 2. The molecule has 3 rings (SSSR count). The van der Waals surface area contributed by atoms with Crippen LogP contribution in [0.15, 0.2) is 18.2 Å². The zero-order valence-corrected chi connectivity index (χ0v) is 16.4. The summed E-state index contributed by atoms with van der Waals surface area (Å²) in [5.41, 5.74) is 5.85. The highest BCUT2D eigenvalue weighted by atomic mass is 16.3. The molecule has 2 aromatic rings. The number of nitrogens with one attached hydrogen (secondary N) is 2. The van der Waals surface area contributed by atoms with Crippen molar-refractivity contribution >= 4 is 17.5 Å². The smallest absolute Gasteiger partial charge is 0.225 e. The molecule has 0 saturated heterocycles. The molecule has 5 heteroatoms. The molecule has 0 radical (unpaired) electrons. The van der Waals surface area contributed by atoms with E-state index in [-0.39, 0.29) is 12.6 Å². The van der Waals surface area contributed by atoms with Crippen molar-refractivity contribution in [2.24, 2.45) is 5.92 Å². The van der Waals surface area contributed by atoms with Crippen molar-refractivity contribution in [1.29, 1.82) is 0 Å². The van der Waals surface area contributed by atoms with Crippen LogP contribution in [0.1, 0.15) is 55.0 Å².